The third-order valence-corrected chi connectivity index (χ3v) is 12.3. The minimum absolute atomic E-state index is 0. The Morgan fingerprint density at radius 3 is 2.04 bits per heavy atom. The van der Waals surface area contributed by atoms with Crippen molar-refractivity contribution in [3.63, 3.8) is 0 Å². The molecule has 8 aromatic rings. The van der Waals surface area contributed by atoms with Crippen LogP contribution in [0.25, 0.3) is 64.9 Å². The third kappa shape index (κ3) is 8.03. The van der Waals surface area contributed by atoms with Crippen molar-refractivity contribution in [1.82, 2.24) is 9.97 Å². The molecule has 1 radical (unpaired) electrons. The predicted octanol–water partition coefficient (Wildman–Crippen LogP) is 12.5. The van der Waals surface area contributed by atoms with E-state index < -0.39 is 14.0 Å². The molecule has 0 amide bonds. The van der Waals surface area contributed by atoms with E-state index in [2.05, 4.69) is 139 Å². The Morgan fingerprint density at radius 1 is 0.647 bits per heavy atom. The van der Waals surface area contributed by atoms with E-state index >= 15 is 0 Å². The summed E-state index contributed by atoms with van der Waals surface area (Å²) in [5.74, 6) is -0.660. The number of hydrogen-bond acceptors (Lipinski definition) is 3. The van der Waals surface area contributed by atoms with Crippen LogP contribution in [-0.2, 0) is 20.1 Å². The first-order chi connectivity index (χ1) is 24.6. The Morgan fingerprint density at radius 2 is 1.35 bits per heavy atom. The van der Waals surface area contributed by atoms with Gasteiger partial charge in [0.2, 0.25) is 0 Å². The molecule has 0 aliphatic heterocycles. The fourth-order valence-electron chi connectivity index (χ4n) is 6.10. The summed E-state index contributed by atoms with van der Waals surface area (Å²) in [7, 11) is -1.29. The van der Waals surface area contributed by atoms with Crippen LogP contribution in [0.3, 0.4) is 0 Å². The van der Waals surface area contributed by atoms with Crippen molar-refractivity contribution in [2.45, 2.75) is 39.4 Å². The average molecular weight is 874 g/mol. The van der Waals surface area contributed by atoms with Crippen molar-refractivity contribution in [1.29, 1.82) is 0 Å². The van der Waals surface area contributed by atoms with Crippen LogP contribution < -0.4 is 5.19 Å². The maximum absolute atomic E-state index is 8.37. The summed E-state index contributed by atoms with van der Waals surface area (Å²) in [6.07, 6.45) is 3.83. The fourth-order valence-corrected chi connectivity index (χ4v) is 8.48. The van der Waals surface area contributed by atoms with Crippen LogP contribution in [0.2, 0.25) is 19.6 Å². The zero-order valence-corrected chi connectivity index (χ0v) is 33.7. The minimum atomic E-state index is -1.29. The van der Waals surface area contributed by atoms with Crippen LogP contribution in [0.5, 0.6) is 0 Å². The quantitative estimate of drug-likeness (QED) is 0.123. The Bertz CT molecular complexity index is 2430. The van der Waals surface area contributed by atoms with E-state index in [9.17, 15) is 0 Å². The van der Waals surface area contributed by atoms with Gasteiger partial charge < -0.3 is 9.97 Å². The smallest absolute Gasteiger partial charge is 0.0795 e. The van der Waals surface area contributed by atoms with E-state index in [1.165, 1.54) is 47.6 Å². The molecule has 0 saturated heterocycles. The molecule has 0 aliphatic rings. The van der Waals surface area contributed by atoms with Crippen molar-refractivity contribution in [2.75, 3.05) is 0 Å². The molecule has 0 saturated carbocycles. The molecule has 0 atom stereocenters. The van der Waals surface area contributed by atoms with Crippen LogP contribution in [0.4, 0.5) is 0 Å². The second kappa shape index (κ2) is 15.8. The zero-order chi connectivity index (χ0) is 35.6. The van der Waals surface area contributed by atoms with E-state index in [1.807, 2.05) is 56.4 Å². The summed E-state index contributed by atoms with van der Waals surface area (Å²) in [5.41, 5.74) is 9.77. The molecule has 3 heterocycles. The molecule has 255 valence electrons. The van der Waals surface area contributed by atoms with Crippen molar-refractivity contribution in [3.05, 3.63) is 164 Å². The summed E-state index contributed by atoms with van der Waals surface area (Å²) >= 11 is 1.80. The Balaban J connectivity index is 0.000000182. The predicted molar refractivity (Wildman–Crippen MR) is 218 cm³/mol. The molecular weight excluding hydrogens is 833 g/mol. The van der Waals surface area contributed by atoms with E-state index in [1.54, 1.807) is 17.5 Å². The average Bonchev–Trinajstić information content (AvgIpc) is 3.55. The standard InChI is InChI=1S/C26H20NS.C20H20NSi.Ir/c1-17(2)19-14-15-27-24(16-19)23-13-7-12-22-21-11-6-10-20(25(21)28-26(22)23)18-8-4-3-5-9-18;1-22(2,3)19-12-13-20(21-15-19)18-11-7-10-17(14-18)16-8-5-4-6-9-16;/h3-12,14-17H,1-2H3;4-10,12-15H,1-3H3;/q2*-1;/i17D;;. The molecule has 3 aromatic heterocycles. The van der Waals surface area contributed by atoms with Gasteiger partial charge >= 0.3 is 0 Å². The fraction of sp³-hybridized carbons (Fsp3) is 0.130. The molecule has 0 unspecified atom stereocenters. The first-order valence-electron chi connectivity index (χ1n) is 17.5. The van der Waals surface area contributed by atoms with Crippen molar-refractivity contribution in [2.24, 2.45) is 0 Å². The summed E-state index contributed by atoms with van der Waals surface area (Å²) in [4.78, 5) is 9.27. The Labute approximate surface area is 322 Å². The number of rotatable bonds is 6. The normalized spacial score (nSPS) is 11.7. The molecule has 0 fully saturated rings. The van der Waals surface area contributed by atoms with Crippen molar-refractivity contribution >= 4 is 44.8 Å². The minimum Gasteiger partial charge on any atom is -0.305 e. The van der Waals surface area contributed by atoms with E-state index in [0.29, 0.717) is 0 Å². The first kappa shape index (κ1) is 34.9. The number of pyridine rings is 2. The number of nitrogens with zero attached hydrogens (tertiary/aromatic N) is 2. The number of hydrogen-bond donors (Lipinski definition) is 0. The number of benzene rings is 5. The molecular formula is C46H40IrN2SSi-2. The van der Waals surface area contributed by atoms with Crippen molar-refractivity contribution in [3.8, 4) is 44.8 Å². The summed E-state index contributed by atoms with van der Waals surface area (Å²) in [5, 5.41) is 3.88. The molecule has 0 spiro atoms. The molecule has 51 heavy (non-hydrogen) atoms. The third-order valence-electron chi connectivity index (χ3n) is 8.95. The van der Waals surface area contributed by atoms with Crippen molar-refractivity contribution < 1.29 is 21.5 Å². The molecule has 0 bridgehead atoms. The molecule has 5 heteroatoms. The van der Waals surface area contributed by atoms with Crippen LogP contribution in [0.15, 0.2) is 146 Å². The molecule has 2 nitrogen and oxygen atoms in total. The van der Waals surface area contributed by atoms with E-state index in [-0.39, 0.29) is 20.1 Å². The largest absolute Gasteiger partial charge is 0.305 e. The van der Waals surface area contributed by atoms with Gasteiger partial charge in [0.05, 0.1) is 8.07 Å². The van der Waals surface area contributed by atoms with Crippen LogP contribution >= 0.6 is 11.3 Å². The van der Waals surface area contributed by atoms with Gasteiger partial charge in [0, 0.05) is 38.6 Å². The van der Waals surface area contributed by atoms with E-state index in [0.717, 1.165) is 28.1 Å². The monoisotopic (exact) mass is 874 g/mol. The number of aromatic nitrogens is 2. The van der Waals surface area contributed by atoms with Gasteiger partial charge in [-0.1, -0.05) is 142 Å². The molecule has 0 aliphatic carbocycles. The van der Waals surface area contributed by atoms with Gasteiger partial charge in [-0.3, -0.25) is 0 Å². The van der Waals surface area contributed by atoms with Gasteiger partial charge in [-0.2, -0.15) is 11.3 Å². The Hall–Kier alpha value is -4.51. The molecule has 5 aromatic carbocycles. The number of fused-ring (bicyclic) bond motifs is 3. The SMILES string of the molecule is C[Si](C)(C)c1ccc(-c2[c-]ccc(-c3ccccc3)c2)nc1.[2H]C(C)(C)c1ccnc(-c2[c-]ccc3c2sc2c(-c4ccccc4)cccc23)c1.[Ir]. The van der Waals surface area contributed by atoms with E-state index in [4.69, 9.17) is 1.37 Å². The van der Waals surface area contributed by atoms with Gasteiger partial charge in [0.1, 0.15) is 0 Å². The van der Waals surface area contributed by atoms with Crippen LogP contribution in [-0.4, -0.2) is 18.0 Å². The summed E-state index contributed by atoms with van der Waals surface area (Å²) in [6.45, 7) is 10.8. The maximum Gasteiger partial charge on any atom is 0.0795 e. The molecule has 0 N–H and O–H groups in total. The van der Waals surface area contributed by atoms with Gasteiger partial charge in [0.25, 0.3) is 0 Å². The first-order valence-corrected chi connectivity index (χ1v) is 21.3. The zero-order valence-electron chi connectivity index (χ0n) is 30.5. The van der Waals surface area contributed by atoms with Gasteiger partial charge in [-0.25, -0.2) is 0 Å². The topological polar surface area (TPSA) is 25.8 Å². The van der Waals surface area contributed by atoms with Gasteiger partial charge in [-0.05, 0) is 55.3 Å². The second-order valence-electron chi connectivity index (χ2n) is 13.7. The second-order valence-corrected chi connectivity index (χ2v) is 19.8. The van der Waals surface area contributed by atoms with Gasteiger partial charge in [0.15, 0.2) is 0 Å². The summed E-state index contributed by atoms with van der Waals surface area (Å²) in [6, 6.07) is 52.8. The summed E-state index contributed by atoms with van der Waals surface area (Å²) < 4.78 is 10.8. The number of thiophene rings is 1. The molecule has 8 rings (SSSR count). The maximum atomic E-state index is 8.37. The Kier molecular flexibility index (Phi) is 10.8. The van der Waals surface area contributed by atoms with Crippen LogP contribution in [0, 0.1) is 12.1 Å². The van der Waals surface area contributed by atoms with Gasteiger partial charge in [-0.15, -0.1) is 59.2 Å². The van der Waals surface area contributed by atoms with Crippen LogP contribution in [0.1, 0.15) is 26.7 Å².